The number of aromatic nitrogens is 1. The maximum absolute atomic E-state index is 9.61. The zero-order chi connectivity index (χ0) is 18.7. The molecule has 0 aliphatic heterocycles. The first-order valence-corrected chi connectivity index (χ1v) is 8.07. The molecule has 0 amide bonds. The number of ether oxygens (including phenoxy) is 2. The quantitative estimate of drug-likeness (QED) is 0.766. The average molecular weight is 345 g/mol. The lowest BCUT2D eigenvalue weighted by Crippen LogP contribution is -2.01. The van der Waals surface area contributed by atoms with Crippen LogP contribution in [0.2, 0.25) is 0 Å². The van der Waals surface area contributed by atoms with Crippen LogP contribution < -0.4 is 15.2 Å². The van der Waals surface area contributed by atoms with E-state index in [4.69, 9.17) is 15.2 Å². The van der Waals surface area contributed by atoms with Crippen molar-refractivity contribution < 1.29 is 9.47 Å². The average Bonchev–Trinajstić information content (AvgIpc) is 2.67. The fraction of sp³-hybridized carbons (Fsp3) is 0.143. The Kier molecular flexibility index (Phi) is 4.76. The summed E-state index contributed by atoms with van der Waals surface area (Å²) in [4.78, 5) is 4.41. The monoisotopic (exact) mass is 345 g/mol. The fourth-order valence-corrected chi connectivity index (χ4v) is 2.79. The fourth-order valence-electron chi connectivity index (χ4n) is 2.79. The number of hydrogen-bond donors (Lipinski definition) is 1. The largest absolute Gasteiger partial charge is 0.497 e. The van der Waals surface area contributed by atoms with Crippen molar-refractivity contribution >= 4 is 5.82 Å². The zero-order valence-corrected chi connectivity index (χ0v) is 14.9. The van der Waals surface area contributed by atoms with Crippen LogP contribution in [-0.2, 0) is 0 Å². The molecule has 0 spiro atoms. The first kappa shape index (κ1) is 17.3. The van der Waals surface area contributed by atoms with Gasteiger partial charge in [-0.15, -0.1) is 0 Å². The van der Waals surface area contributed by atoms with Gasteiger partial charge in [0.15, 0.2) is 0 Å². The number of hydrogen-bond acceptors (Lipinski definition) is 5. The molecule has 0 saturated carbocycles. The van der Waals surface area contributed by atoms with E-state index in [2.05, 4.69) is 11.1 Å². The lowest BCUT2D eigenvalue weighted by atomic mass is 9.97. The van der Waals surface area contributed by atoms with Crippen molar-refractivity contribution in [1.29, 1.82) is 5.26 Å². The second kappa shape index (κ2) is 7.16. The number of nitrogens with zero attached hydrogens (tertiary/aromatic N) is 2. The minimum Gasteiger partial charge on any atom is -0.497 e. The lowest BCUT2D eigenvalue weighted by Gasteiger charge is -2.14. The number of methoxy groups -OCH3 is 2. The second-order valence-corrected chi connectivity index (χ2v) is 5.86. The van der Waals surface area contributed by atoms with Crippen LogP contribution in [-0.4, -0.2) is 19.2 Å². The van der Waals surface area contributed by atoms with Gasteiger partial charge < -0.3 is 15.2 Å². The van der Waals surface area contributed by atoms with Gasteiger partial charge >= 0.3 is 0 Å². The van der Waals surface area contributed by atoms with E-state index in [-0.39, 0.29) is 5.82 Å². The number of aryl methyl sites for hydroxylation is 1. The van der Waals surface area contributed by atoms with E-state index in [1.165, 1.54) is 0 Å². The van der Waals surface area contributed by atoms with E-state index in [0.717, 1.165) is 16.7 Å². The number of pyridine rings is 1. The maximum atomic E-state index is 9.61. The summed E-state index contributed by atoms with van der Waals surface area (Å²) >= 11 is 0. The highest BCUT2D eigenvalue weighted by molar-refractivity contribution is 5.83. The Bertz CT molecular complexity index is 989. The van der Waals surface area contributed by atoms with Crippen LogP contribution in [0.25, 0.3) is 22.4 Å². The number of rotatable bonds is 4. The van der Waals surface area contributed by atoms with Gasteiger partial charge in [-0.2, -0.15) is 5.26 Å². The number of benzene rings is 2. The molecule has 130 valence electrons. The lowest BCUT2D eigenvalue weighted by molar-refractivity contribution is 0.404. The standard InChI is InChI=1S/C21H19N3O2/c1-13-4-6-14(7-5-13)19-11-16(18(12-22)21(23)24-19)17-10-15(25-2)8-9-20(17)26-3/h4-11H,1-3H3,(H2,23,24). The Balaban J connectivity index is 2.27. The van der Waals surface area contributed by atoms with Gasteiger partial charge in [0, 0.05) is 16.7 Å². The molecule has 0 atom stereocenters. The van der Waals surface area contributed by atoms with Gasteiger partial charge in [-0.25, -0.2) is 4.98 Å². The third kappa shape index (κ3) is 3.17. The molecule has 1 aromatic heterocycles. The van der Waals surface area contributed by atoms with Crippen LogP contribution in [0.5, 0.6) is 11.5 Å². The van der Waals surface area contributed by atoms with Gasteiger partial charge in [-0.1, -0.05) is 29.8 Å². The Morgan fingerprint density at radius 2 is 1.69 bits per heavy atom. The molecule has 0 radical (unpaired) electrons. The molecule has 2 N–H and O–H groups in total. The summed E-state index contributed by atoms with van der Waals surface area (Å²) in [5.41, 5.74) is 10.6. The smallest absolute Gasteiger partial charge is 0.142 e. The molecule has 1 heterocycles. The summed E-state index contributed by atoms with van der Waals surface area (Å²) in [5.74, 6) is 1.48. The van der Waals surface area contributed by atoms with Crippen LogP contribution in [0.15, 0.2) is 48.5 Å². The second-order valence-electron chi connectivity index (χ2n) is 5.86. The summed E-state index contributed by atoms with van der Waals surface area (Å²) < 4.78 is 10.8. The highest BCUT2D eigenvalue weighted by Crippen LogP contribution is 2.38. The van der Waals surface area contributed by atoms with Crippen LogP contribution in [0.1, 0.15) is 11.1 Å². The Morgan fingerprint density at radius 1 is 0.962 bits per heavy atom. The molecule has 2 aromatic carbocycles. The van der Waals surface area contributed by atoms with Crippen molar-refractivity contribution in [1.82, 2.24) is 4.98 Å². The predicted octanol–water partition coefficient (Wildman–Crippen LogP) is 4.20. The van der Waals surface area contributed by atoms with Gasteiger partial charge in [-0.3, -0.25) is 0 Å². The SMILES string of the molecule is COc1ccc(OC)c(-c2cc(-c3ccc(C)cc3)nc(N)c2C#N)c1. The van der Waals surface area contributed by atoms with Crippen molar-refractivity contribution in [2.45, 2.75) is 6.92 Å². The van der Waals surface area contributed by atoms with Crippen molar-refractivity contribution in [2.24, 2.45) is 0 Å². The Labute approximate surface area is 152 Å². The van der Waals surface area contributed by atoms with Crippen molar-refractivity contribution in [2.75, 3.05) is 20.0 Å². The van der Waals surface area contributed by atoms with E-state index in [0.29, 0.717) is 28.3 Å². The summed E-state index contributed by atoms with van der Waals surface area (Å²) in [5, 5.41) is 9.61. The molecular weight excluding hydrogens is 326 g/mol. The van der Waals surface area contributed by atoms with E-state index < -0.39 is 0 Å². The predicted molar refractivity (Wildman–Crippen MR) is 102 cm³/mol. The molecule has 3 rings (SSSR count). The van der Waals surface area contributed by atoms with Gasteiger partial charge in [-0.05, 0) is 31.2 Å². The van der Waals surface area contributed by atoms with E-state index in [1.54, 1.807) is 26.4 Å². The number of nitrogen functional groups attached to an aromatic ring is 1. The third-order valence-electron chi connectivity index (χ3n) is 4.20. The summed E-state index contributed by atoms with van der Waals surface area (Å²) in [6.07, 6.45) is 0. The summed E-state index contributed by atoms with van der Waals surface area (Å²) in [7, 11) is 3.18. The topological polar surface area (TPSA) is 81.2 Å². The van der Waals surface area contributed by atoms with E-state index >= 15 is 0 Å². The van der Waals surface area contributed by atoms with Crippen LogP contribution in [0.3, 0.4) is 0 Å². The zero-order valence-electron chi connectivity index (χ0n) is 14.9. The molecule has 0 unspecified atom stereocenters. The minimum absolute atomic E-state index is 0.186. The van der Waals surface area contributed by atoms with Gasteiger partial charge in [0.05, 0.1) is 19.9 Å². The molecule has 0 aliphatic carbocycles. The van der Waals surface area contributed by atoms with Crippen LogP contribution in [0.4, 0.5) is 5.82 Å². The van der Waals surface area contributed by atoms with Crippen LogP contribution >= 0.6 is 0 Å². The molecule has 0 fully saturated rings. The van der Waals surface area contributed by atoms with Crippen LogP contribution in [0, 0.1) is 18.3 Å². The Hall–Kier alpha value is -3.52. The first-order chi connectivity index (χ1) is 12.6. The molecule has 5 heteroatoms. The normalized spacial score (nSPS) is 10.2. The summed E-state index contributed by atoms with van der Waals surface area (Å²) in [6, 6.07) is 17.4. The first-order valence-electron chi connectivity index (χ1n) is 8.07. The van der Waals surface area contributed by atoms with E-state index in [9.17, 15) is 5.26 Å². The van der Waals surface area contributed by atoms with Gasteiger partial charge in [0.1, 0.15) is 28.9 Å². The van der Waals surface area contributed by atoms with E-state index in [1.807, 2.05) is 43.3 Å². The molecule has 26 heavy (non-hydrogen) atoms. The molecule has 0 bridgehead atoms. The van der Waals surface area contributed by atoms with Gasteiger partial charge in [0.25, 0.3) is 0 Å². The molecule has 0 saturated heterocycles. The highest BCUT2D eigenvalue weighted by atomic mass is 16.5. The van der Waals surface area contributed by atoms with Gasteiger partial charge in [0.2, 0.25) is 0 Å². The summed E-state index contributed by atoms with van der Waals surface area (Å²) in [6.45, 7) is 2.02. The molecule has 3 aromatic rings. The Morgan fingerprint density at radius 3 is 2.31 bits per heavy atom. The highest BCUT2D eigenvalue weighted by Gasteiger charge is 2.17. The number of nitriles is 1. The minimum atomic E-state index is 0.186. The van der Waals surface area contributed by atoms with Crippen molar-refractivity contribution in [3.63, 3.8) is 0 Å². The van der Waals surface area contributed by atoms with Crippen molar-refractivity contribution in [3.05, 3.63) is 59.7 Å². The molecular formula is C21H19N3O2. The van der Waals surface area contributed by atoms with Crippen molar-refractivity contribution in [3.8, 4) is 40.0 Å². The third-order valence-corrected chi connectivity index (χ3v) is 4.20. The molecule has 5 nitrogen and oxygen atoms in total. The number of anilines is 1. The molecule has 0 aliphatic rings. The maximum Gasteiger partial charge on any atom is 0.142 e. The number of nitrogens with two attached hydrogens (primary N) is 1.